The third kappa shape index (κ3) is 9.13. The fourth-order valence-corrected chi connectivity index (χ4v) is 1.79. The summed E-state index contributed by atoms with van der Waals surface area (Å²) in [5, 5.41) is 16.2. The zero-order valence-corrected chi connectivity index (χ0v) is 12.5. The molecule has 0 aromatic rings. The zero-order valence-electron chi connectivity index (χ0n) is 12.5. The van der Waals surface area contributed by atoms with E-state index < -0.39 is 11.6 Å². The minimum Gasteiger partial charge on any atom is -0.375 e. The van der Waals surface area contributed by atoms with Gasteiger partial charge >= 0.3 is 0 Å². The summed E-state index contributed by atoms with van der Waals surface area (Å²) in [5.41, 5.74) is 0. The first-order chi connectivity index (χ1) is 8.67. The summed E-state index contributed by atoms with van der Waals surface area (Å²) in [6, 6.07) is 0. The van der Waals surface area contributed by atoms with E-state index in [0.29, 0.717) is 6.61 Å². The number of aliphatic hydroxyl groups is 2. The van der Waals surface area contributed by atoms with Crippen LogP contribution in [0, 0.1) is 0 Å². The Morgan fingerprint density at radius 2 is 1.68 bits per heavy atom. The summed E-state index contributed by atoms with van der Waals surface area (Å²) in [6.07, 6.45) is 2.70. The molecule has 0 aliphatic carbocycles. The van der Waals surface area contributed by atoms with Crippen LogP contribution in [0.25, 0.3) is 0 Å². The Hall–Kier alpha value is -0.460. The van der Waals surface area contributed by atoms with Gasteiger partial charge in [0.25, 0.3) is 0 Å². The van der Waals surface area contributed by atoms with Crippen molar-refractivity contribution < 1.29 is 24.4 Å². The van der Waals surface area contributed by atoms with Crippen LogP contribution >= 0.6 is 0 Å². The number of ether oxygens (including phenoxy) is 3. The first kappa shape index (κ1) is 18.5. The second-order valence-electron chi connectivity index (χ2n) is 5.41. The molecule has 2 saturated heterocycles. The van der Waals surface area contributed by atoms with E-state index in [4.69, 9.17) is 24.4 Å². The molecular formula is C14H28O5. The molecule has 0 bridgehead atoms. The van der Waals surface area contributed by atoms with Crippen LogP contribution in [0.4, 0.5) is 0 Å². The molecular weight excluding hydrogens is 248 g/mol. The number of hydrogen-bond acceptors (Lipinski definition) is 5. The average Bonchev–Trinajstić information content (AvgIpc) is 2.87. The van der Waals surface area contributed by atoms with E-state index in [-0.39, 0.29) is 12.2 Å². The smallest absolute Gasteiger partial charge is 0.163 e. The molecule has 0 aromatic carbocycles. The Labute approximate surface area is 116 Å². The maximum absolute atomic E-state index is 8.08. The van der Waals surface area contributed by atoms with Crippen molar-refractivity contribution in [2.75, 3.05) is 13.2 Å². The fourth-order valence-electron chi connectivity index (χ4n) is 1.79. The predicted molar refractivity (Wildman–Crippen MR) is 73.6 cm³/mol. The van der Waals surface area contributed by atoms with Gasteiger partial charge in [0, 0.05) is 6.61 Å². The SMILES string of the molecule is C=C.CC(C)(O)O.CC1(C)OCC(C2CCCO2)O1. The second-order valence-corrected chi connectivity index (χ2v) is 5.41. The molecule has 5 nitrogen and oxygen atoms in total. The topological polar surface area (TPSA) is 68.2 Å². The summed E-state index contributed by atoms with van der Waals surface area (Å²) in [4.78, 5) is 0. The summed E-state index contributed by atoms with van der Waals surface area (Å²) in [7, 11) is 0. The van der Waals surface area contributed by atoms with Gasteiger partial charge in [-0.05, 0) is 40.5 Å². The van der Waals surface area contributed by atoms with E-state index >= 15 is 0 Å². The number of hydrogen-bond donors (Lipinski definition) is 2. The molecule has 19 heavy (non-hydrogen) atoms. The van der Waals surface area contributed by atoms with Crippen LogP contribution < -0.4 is 0 Å². The van der Waals surface area contributed by atoms with Crippen molar-refractivity contribution in [3.05, 3.63) is 13.2 Å². The zero-order chi connectivity index (χ0) is 15.1. The monoisotopic (exact) mass is 276 g/mol. The average molecular weight is 276 g/mol. The largest absolute Gasteiger partial charge is 0.375 e. The van der Waals surface area contributed by atoms with Crippen molar-refractivity contribution in [3.63, 3.8) is 0 Å². The van der Waals surface area contributed by atoms with Gasteiger partial charge in [-0.1, -0.05) is 0 Å². The molecule has 2 heterocycles. The standard InChI is InChI=1S/C9H16O3.C3H8O2.C2H4/c1-9(2)11-6-8(12-9)7-4-3-5-10-7;1-3(2,4)5;1-2/h7-8H,3-6H2,1-2H3;4-5H,1-2H3;1-2H2. The first-order valence-electron chi connectivity index (χ1n) is 6.55. The Bertz CT molecular complexity index is 235. The van der Waals surface area contributed by atoms with Gasteiger partial charge in [0.15, 0.2) is 11.6 Å². The molecule has 0 saturated carbocycles. The summed E-state index contributed by atoms with van der Waals surface area (Å²) >= 11 is 0. The minimum absolute atomic E-state index is 0.155. The van der Waals surface area contributed by atoms with E-state index in [2.05, 4.69) is 13.2 Å². The summed E-state index contributed by atoms with van der Waals surface area (Å²) < 4.78 is 16.7. The van der Waals surface area contributed by atoms with Crippen LogP contribution in [0.1, 0.15) is 40.5 Å². The van der Waals surface area contributed by atoms with E-state index in [9.17, 15) is 0 Å². The maximum atomic E-state index is 8.08. The van der Waals surface area contributed by atoms with Gasteiger partial charge in [-0.3, -0.25) is 0 Å². The van der Waals surface area contributed by atoms with E-state index in [1.807, 2.05) is 13.8 Å². The van der Waals surface area contributed by atoms with Gasteiger partial charge < -0.3 is 24.4 Å². The molecule has 2 atom stereocenters. The molecule has 0 aromatic heterocycles. The second kappa shape index (κ2) is 7.97. The van der Waals surface area contributed by atoms with Crippen LogP contribution in [0.3, 0.4) is 0 Å². The predicted octanol–water partition coefficient (Wildman–Crippen LogP) is 1.83. The maximum Gasteiger partial charge on any atom is 0.163 e. The van der Waals surface area contributed by atoms with E-state index in [1.54, 1.807) is 0 Å². The molecule has 0 radical (unpaired) electrons. The van der Waals surface area contributed by atoms with Gasteiger partial charge in [0.05, 0.1) is 12.7 Å². The molecule has 0 spiro atoms. The first-order valence-corrected chi connectivity index (χ1v) is 6.55. The van der Waals surface area contributed by atoms with Crippen LogP contribution in [0.2, 0.25) is 0 Å². The highest BCUT2D eigenvalue weighted by atomic mass is 16.7. The highest BCUT2D eigenvalue weighted by molar-refractivity contribution is 4.81. The van der Waals surface area contributed by atoms with Crippen molar-refractivity contribution in [3.8, 4) is 0 Å². The van der Waals surface area contributed by atoms with Crippen molar-refractivity contribution >= 4 is 0 Å². The Kier molecular flexibility index (Phi) is 7.78. The van der Waals surface area contributed by atoms with E-state index in [1.165, 1.54) is 13.8 Å². The molecule has 2 aliphatic rings. The lowest BCUT2D eigenvalue weighted by Crippen LogP contribution is -2.30. The molecule has 2 N–H and O–H groups in total. The lowest BCUT2D eigenvalue weighted by molar-refractivity contribution is -0.151. The quantitative estimate of drug-likeness (QED) is 0.565. The molecule has 2 aliphatic heterocycles. The van der Waals surface area contributed by atoms with Crippen LogP contribution in [0.15, 0.2) is 13.2 Å². The third-order valence-corrected chi connectivity index (χ3v) is 2.41. The van der Waals surface area contributed by atoms with Gasteiger partial charge in [-0.2, -0.15) is 0 Å². The lowest BCUT2D eigenvalue weighted by atomic mass is 10.1. The Morgan fingerprint density at radius 1 is 1.16 bits per heavy atom. The van der Waals surface area contributed by atoms with Gasteiger partial charge in [-0.25, -0.2) is 0 Å². The highest BCUT2D eigenvalue weighted by Crippen LogP contribution is 2.28. The molecule has 2 rings (SSSR count). The van der Waals surface area contributed by atoms with Gasteiger partial charge in [-0.15, -0.1) is 13.2 Å². The molecule has 2 fully saturated rings. The highest BCUT2D eigenvalue weighted by Gasteiger charge is 2.38. The van der Waals surface area contributed by atoms with Crippen LogP contribution in [-0.2, 0) is 14.2 Å². The Morgan fingerprint density at radius 3 is 2.00 bits per heavy atom. The van der Waals surface area contributed by atoms with Crippen LogP contribution in [-0.4, -0.2) is 47.2 Å². The van der Waals surface area contributed by atoms with Crippen LogP contribution in [0.5, 0.6) is 0 Å². The molecule has 114 valence electrons. The van der Waals surface area contributed by atoms with Crippen molar-refractivity contribution in [1.29, 1.82) is 0 Å². The van der Waals surface area contributed by atoms with Gasteiger partial charge in [0.2, 0.25) is 0 Å². The molecule has 0 amide bonds. The normalized spacial score (nSPS) is 28.9. The van der Waals surface area contributed by atoms with Crippen molar-refractivity contribution in [2.24, 2.45) is 0 Å². The molecule has 2 unspecified atom stereocenters. The fraction of sp³-hybridized carbons (Fsp3) is 0.857. The van der Waals surface area contributed by atoms with Crippen molar-refractivity contribution in [1.82, 2.24) is 0 Å². The molecule has 5 heteroatoms. The summed E-state index contributed by atoms with van der Waals surface area (Å²) in [6.45, 7) is 14.0. The summed E-state index contributed by atoms with van der Waals surface area (Å²) in [5.74, 6) is -1.91. The third-order valence-electron chi connectivity index (χ3n) is 2.41. The van der Waals surface area contributed by atoms with Crippen molar-refractivity contribution in [2.45, 2.75) is 64.3 Å². The lowest BCUT2D eigenvalue weighted by Gasteiger charge is -2.20. The number of rotatable bonds is 1. The van der Waals surface area contributed by atoms with E-state index in [0.717, 1.165) is 19.4 Å². The Balaban J connectivity index is 0.000000396. The minimum atomic E-state index is -1.50. The van der Waals surface area contributed by atoms with Gasteiger partial charge in [0.1, 0.15) is 6.10 Å².